The summed E-state index contributed by atoms with van der Waals surface area (Å²) in [6.45, 7) is 2.12. The van der Waals surface area contributed by atoms with Crippen molar-refractivity contribution in [2.24, 2.45) is 0 Å². The number of hydrogen-bond donors (Lipinski definition) is 1. The lowest BCUT2D eigenvalue weighted by Gasteiger charge is -2.11. The minimum atomic E-state index is 0.258. The van der Waals surface area contributed by atoms with Crippen LogP contribution in [0.15, 0.2) is 30.3 Å². The zero-order chi connectivity index (χ0) is 14.5. The van der Waals surface area contributed by atoms with E-state index in [1.54, 1.807) is 31.4 Å². The molecule has 1 heterocycles. The van der Waals surface area contributed by atoms with Crippen LogP contribution in [0.3, 0.4) is 0 Å². The molecule has 102 valence electrons. The number of aromatic nitrogens is 1. The Morgan fingerprint density at radius 3 is 2.65 bits per heavy atom. The summed E-state index contributed by atoms with van der Waals surface area (Å²) in [6, 6.07) is 10.9. The van der Waals surface area contributed by atoms with E-state index in [0.717, 1.165) is 11.3 Å². The highest BCUT2D eigenvalue weighted by atomic mass is 16.5. The first-order valence-electron chi connectivity index (χ1n) is 6.07. The van der Waals surface area contributed by atoms with Crippen LogP contribution in [0, 0.1) is 18.3 Å². The number of methoxy groups -OCH3 is 1. The van der Waals surface area contributed by atoms with E-state index in [1.165, 1.54) is 0 Å². The molecule has 1 aromatic carbocycles. The van der Waals surface area contributed by atoms with Gasteiger partial charge in [-0.25, -0.2) is 4.98 Å². The Hall–Kier alpha value is -2.74. The van der Waals surface area contributed by atoms with Crippen LogP contribution in [-0.2, 0) is 6.61 Å². The Morgan fingerprint density at radius 2 is 2.00 bits per heavy atom. The van der Waals surface area contributed by atoms with E-state index >= 15 is 0 Å². The van der Waals surface area contributed by atoms with E-state index in [4.69, 9.17) is 20.5 Å². The minimum absolute atomic E-state index is 0.258. The molecule has 0 saturated carbocycles. The normalized spacial score (nSPS) is 9.85. The van der Waals surface area contributed by atoms with Crippen LogP contribution in [-0.4, -0.2) is 12.1 Å². The number of nitrogens with zero attached hydrogens (tertiary/aromatic N) is 2. The minimum Gasteiger partial charge on any atom is -0.496 e. The molecular formula is C15H15N3O2. The highest BCUT2D eigenvalue weighted by Crippen LogP contribution is 2.24. The predicted octanol–water partition coefficient (Wildman–Crippen LogP) is 2.43. The predicted molar refractivity (Wildman–Crippen MR) is 75.4 cm³/mol. The molecule has 2 N–H and O–H groups in total. The first-order valence-corrected chi connectivity index (χ1v) is 6.07. The number of nitriles is 1. The molecule has 0 aliphatic rings. The van der Waals surface area contributed by atoms with Crippen molar-refractivity contribution in [3.8, 4) is 17.6 Å². The molecule has 0 aliphatic heterocycles. The van der Waals surface area contributed by atoms with Crippen LogP contribution in [0.2, 0.25) is 0 Å². The molecule has 0 spiro atoms. The van der Waals surface area contributed by atoms with Crippen LogP contribution in [0.1, 0.15) is 16.8 Å². The van der Waals surface area contributed by atoms with Crippen molar-refractivity contribution in [3.63, 3.8) is 0 Å². The Morgan fingerprint density at radius 1 is 1.25 bits per heavy atom. The summed E-state index contributed by atoms with van der Waals surface area (Å²) in [7, 11) is 1.58. The second kappa shape index (κ2) is 5.93. The average Bonchev–Trinajstić information content (AvgIpc) is 2.46. The molecule has 5 heteroatoms. The molecule has 0 amide bonds. The standard InChI is InChI=1S/C15H15N3O2/c1-10-3-5-14(15(17)18-10)20-9-12-7-11(8-16)4-6-13(12)19-2/h3-7H,9H2,1-2H3,(H2,17,18). The largest absolute Gasteiger partial charge is 0.496 e. The molecule has 0 fully saturated rings. The number of benzene rings is 1. The highest BCUT2D eigenvalue weighted by molar-refractivity contribution is 5.47. The molecule has 0 saturated heterocycles. The third-order valence-electron chi connectivity index (χ3n) is 2.82. The van der Waals surface area contributed by atoms with Crippen molar-refractivity contribution in [2.45, 2.75) is 13.5 Å². The summed E-state index contributed by atoms with van der Waals surface area (Å²) < 4.78 is 10.9. The topological polar surface area (TPSA) is 81.2 Å². The molecule has 2 rings (SSSR count). The van der Waals surface area contributed by atoms with E-state index in [-0.39, 0.29) is 6.61 Å². The first-order chi connectivity index (χ1) is 9.63. The van der Waals surface area contributed by atoms with Crippen LogP contribution < -0.4 is 15.2 Å². The molecule has 1 aromatic heterocycles. The quantitative estimate of drug-likeness (QED) is 0.921. The van der Waals surface area contributed by atoms with E-state index in [1.807, 2.05) is 13.0 Å². The van der Waals surface area contributed by atoms with E-state index in [2.05, 4.69) is 11.1 Å². The maximum Gasteiger partial charge on any atom is 0.166 e. The summed E-state index contributed by atoms with van der Waals surface area (Å²) in [5.41, 5.74) is 7.96. The van der Waals surface area contributed by atoms with Crippen LogP contribution in [0.25, 0.3) is 0 Å². The third-order valence-corrected chi connectivity index (χ3v) is 2.82. The molecular weight excluding hydrogens is 254 g/mol. The Kier molecular flexibility index (Phi) is 4.06. The lowest BCUT2D eigenvalue weighted by molar-refractivity contribution is 0.297. The second-order valence-corrected chi connectivity index (χ2v) is 4.26. The SMILES string of the molecule is COc1ccc(C#N)cc1COc1ccc(C)nc1N. The molecule has 0 unspecified atom stereocenters. The van der Waals surface area contributed by atoms with Crippen LogP contribution >= 0.6 is 0 Å². The maximum atomic E-state index is 8.92. The maximum absolute atomic E-state index is 8.92. The van der Waals surface area contributed by atoms with Crippen molar-refractivity contribution < 1.29 is 9.47 Å². The second-order valence-electron chi connectivity index (χ2n) is 4.26. The lowest BCUT2D eigenvalue weighted by atomic mass is 10.1. The fraction of sp³-hybridized carbons (Fsp3) is 0.200. The number of anilines is 1. The van der Waals surface area contributed by atoms with E-state index in [9.17, 15) is 0 Å². The van der Waals surface area contributed by atoms with Gasteiger partial charge in [0, 0.05) is 11.3 Å². The van der Waals surface area contributed by atoms with E-state index in [0.29, 0.717) is 22.9 Å². The van der Waals surface area contributed by atoms with Gasteiger partial charge in [0.2, 0.25) is 0 Å². The number of nitrogen functional groups attached to an aromatic ring is 1. The first kappa shape index (κ1) is 13.7. The summed E-state index contributed by atoms with van der Waals surface area (Å²) in [4.78, 5) is 4.13. The third kappa shape index (κ3) is 2.98. The number of nitrogens with two attached hydrogens (primary N) is 1. The van der Waals surface area contributed by atoms with Gasteiger partial charge >= 0.3 is 0 Å². The Labute approximate surface area is 117 Å². The lowest BCUT2D eigenvalue weighted by Crippen LogP contribution is -2.03. The van der Waals surface area contributed by atoms with E-state index < -0.39 is 0 Å². The van der Waals surface area contributed by atoms with Crippen molar-refractivity contribution in [3.05, 3.63) is 47.2 Å². The molecule has 0 aliphatic carbocycles. The zero-order valence-electron chi connectivity index (χ0n) is 11.4. The monoisotopic (exact) mass is 269 g/mol. The van der Waals surface area contributed by atoms with Crippen molar-refractivity contribution in [1.29, 1.82) is 5.26 Å². The average molecular weight is 269 g/mol. The van der Waals surface area contributed by atoms with Gasteiger partial charge in [0.25, 0.3) is 0 Å². The molecule has 0 radical (unpaired) electrons. The smallest absolute Gasteiger partial charge is 0.166 e. The number of aryl methyl sites for hydroxylation is 1. The summed E-state index contributed by atoms with van der Waals surface area (Å²) >= 11 is 0. The molecule has 2 aromatic rings. The van der Waals surface area contributed by atoms with Gasteiger partial charge in [-0.05, 0) is 37.3 Å². The van der Waals surface area contributed by atoms with Crippen LogP contribution in [0.5, 0.6) is 11.5 Å². The van der Waals surface area contributed by atoms with Crippen molar-refractivity contribution in [1.82, 2.24) is 4.98 Å². The van der Waals surface area contributed by atoms with Gasteiger partial charge in [0.05, 0.1) is 18.7 Å². The number of ether oxygens (including phenoxy) is 2. The number of pyridine rings is 1. The van der Waals surface area contributed by atoms with Gasteiger partial charge in [0.1, 0.15) is 12.4 Å². The van der Waals surface area contributed by atoms with Gasteiger partial charge in [0.15, 0.2) is 11.6 Å². The summed E-state index contributed by atoms with van der Waals surface area (Å²) in [5.74, 6) is 1.53. The summed E-state index contributed by atoms with van der Waals surface area (Å²) in [6.07, 6.45) is 0. The van der Waals surface area contributed by atoms with Gasteiger partial charge < -0.3 is 15.2 Å². The summed E-state index contributed by atoms with van der Waals surface area (Å²) in [5, 5.41) is 8.92. The highest BCUT2D eigenvalue weighted by Gasteiger charge is 2.07. The van der Waals surface area contributed by atoms with Crippen molar-refractivity contribution >= 4 is 5.82 Å². The molecule has 5 nitrogen and oxygen atoms in total. The van der Waals surface area contributed by atoms with Gasteiger partial charge in [-0.3, -0.25) is 0 Å². The zero-order valence-corrected chi connectivity index (χ0v) is 11.4. The fourth-order valence-electron chi connectivity index (χ4n) is 1.80. The number of rotatable bonds is 4. The van der Waals surface area contributed by atoms with Gasteiger partial charge in [-0.2, -0.15) is 5.26 Å². The van der Waals surface area contributed by atoms with Gasteiger partial charge in [-0.15, -0.1) is 0 Å². The number of hydrogen-bond acceptors (Lipinski definition) is 5. The molecule has 0 bridgehead atoms. The fourth-order valence-corrected chi connectivity index (χ4v) is 1.80. The molecule has 0 atom stereocenters. The van der Waals surface area contributed by atoms with Gasteiger partial charge in [-0.1, -0.05) is 0 Å². The Bertz CT molecular complexity index is 663. The molecule has 20 heavy (non-hydrogen) atoms. The van der Waals surface area contributed by atoms with Crippen molar-refractivity contribution in [2.75, 3.05) is 12.8 Å². The van der Waals surface area contributed by atoms with Crippen LogP contribution in [0.4, 0.5) is 5.82 Å². The Balaban J connectivity index is 2.20.